The molecule has 0 heterocycles. The number of carbonyl (C=O) groups excluding carboxylic acids is 1. The highest BCUT2D eigenvalue weighted by atomic mass is 16.1. The fourth-order valence-electron chi connectivity index (χ4n) is 2.30. The molecule has 0 atom stereocenters. The first-order chi connectivity index (χ1) is 9.56. The number of hydrogen-bond donors (Lipinski definition) is 2. The number of hydrogen-bond acceptors (Lipinski definition) is 2. The van der Waals surface area contributed by atoms with Crippen LogP contribution in [0.3, 0.4) is 0 Å². The van der Waals surface area contributed by atoms with E-state index in [1.807, 2.05) is 56.3 Å². The molecule has 0 unspecified atom stereocenters. The molecule has 0 saturated heterocycles. The molecule has 20 heavy (non-hydrogen) atoms. The smallest absolute Gasteiger partial charge is 0.224 e. The van der Waals surface area contributed by atoms with Gasteiger partial charge in [-0.05, 0) is 49.1 Å². The number of anilines is 2. The third-order valence-corrected chi connectivity index (χ3v) is 3.30. The van der Waals surface area contributed by atoms with Crippen LogP contribution in [-0.2, 0) is 11.2 Å². The molecule has 1 amide bonds. The monoisotopic (exact) mass is 268 g/mol. The van der Waals surface area contributed by atoms with Crippen molar-refractivity contribution in [2.75, 3.05) is 11.1 Å². The van der Waals surface area contributed by atoms with Gasteiger partial charge in [0, 0.05) is 17.8 Å². The lowest BCUT2D eigenvalue weighted by molar-refractivity contribution is -0.116. The zero-order valence-corrected chi connectivity index (χ0v) is 11.9. The summed E-state index contributed by atoms with van der Waals surface area (Å²) < 4.78 is 0. The van der Waals surface area contributed by atoms with Crippen molar-refractivity contribution < 1.29 is 4.79 Å². The molecule has 3 heteroatoms. The number of carbonyl (C=O) groups is 1. The van der Waals surface area contributed by atoms with Crippen molar-refractivity contribution in [3.8, 4) is 0 Å². The first-order valence-electron chi connectivity index (χ1n) is 6.77. The van der Waals surface area contributed by atoms with E-state index >= 15 is 0 Å². The fourth-order valence-corrected chi connectivity index (χ4v) is 2.30. The summed E-state index contributed by atoms with van der Waals surface area (Å²) in [6, 6.07) is 13.8. The highest BCUT2D eigenvalue weighted by Gasteiger charge is 2.08. The lowest BCUT2D eigenvalue weighted by Gasteiger charge is -2.12. The standard InChI is InChI=1S/C17H20N2O/c1-12-10-15(18)11-13(2)17(12)19-16(20)9-8-14-6-4-3-5-7-14/h3-7,10-11H,8-9,18H2,1-2H3,(H,19,20). The summed E-state index contributed by atoms with van der Waals surface area (Å²) in [4.78, 5) is 12.0. The fraction of sp³-hybridized carbons (Fsp3) is 0.235. The molecule has 0 bridgehead atoms. The second kappa shape index (κ2) is 6.24. The molecular formula is C17H20N2O. The van der Waals surface area contributed by atoms with Gasteiger partial charge >= 0.3 is 0 Å². The molecule has 0 aliphatic rings. The Hall–Kier alpha value is -2.29. The minimum Gasteiger partial charge on any atom is -0.399 e. The Morgan fingerprint density at radius 1 is 1.10 bits per heavy atom. The van der Waals surface area contributed by atoms with Crippen molar-refractivity contribution in [3.05, 3.63) is 59.2 Å². The summed E-state index contributed by atoms with van der Waals surface area (Å²) in [5.41, 5.74) is 10.5. The molecule has 3 nitrogen and oxygen atoms in total. The molecule has 0 fully saturated rings. The van der Waals surface area contributed by atoms with E-state index < -0.39 is 0 Å². The van der Waals surface area contributed by atoms with E-state index in [-0.39, 0.29) is 5.91 Å². The summed E-state index contributed by atoms with van der Waals surface area (Å²) in [6.45, 7) is 3.91. The molecule has 0 radical (unpaired) electrons. The van der Waals surface area contributed by atoms with E-state index in [1.54, 1.807) is 0 Å². The topological polar surface area (TPSA) is 55.1 Å². The molecule has 2 aromatic carbocycles. The van der Waals surface area contributed by atoms with Crippen LogP contribution < -0.4 is 11.1 Å². The van der Waals surface area contributed by atoms with Crippen molar-refractivity contribution in [1.29, 1.82) is 0 Å². The van der Waals surface area contributed by atoms with Gasteiger partial charge in [0.05, 0.1) is 0 Å². The van der Waals surface area contributed by atoms with Crippen LogP contribution in [-0.4, -0.2) is 5.91 Å². The van der Waals surface area contributed by atoms with Crippen LogP contribution in [0.5, 0.6) is 0 Å². The van der Waals surface area contributed by atoms with E-state index in [9.17, 15) is 4.79 Å². The largest absolute Gasteiger partial charge is 0.399 e. The predicted molar refractivity (Wildman–Crippen MR) is 83.7 cm³/mol. The Morgan fingerprint density at radius 2 is 1.70 bits per heavy atom. The van der Waals surface area contributed by atoms with Crippen LogP contribution in [0.15, 0.2) is 42.5 Å². The molecule has 104 valence electrons. The quantitative estimate of drug-likeness (QED) is 0.834. The molecule has 0 aliphatic heterocycles. The second-order valence-corrected chi connectivity index (χ2v) is 5.06. The Kier molecular flexibility index (Phi) is 4.41. The minimum atomic E-state index is 0.0322. The van der Waals surface area contributed by atoms with E-state index in [1.165, 1.54) is 5.56 Å². The number of nitrogen functional groups attached to an aromatic ring is 1. The van der Waals surface area contributed by atoms with Gasteiger partial charge in [0.15, 0.2) is 0 Å². The molecule has 0 aromatic heterocycles. The van der Waals surface area contributed by atoms with Gasteiger partial charge in [-0.25, -0.2) is 0 Å². The first-order valence-corrected chi connectivity index (χ1v) is 6.77. The summed E-state index contributed by atoms with van der Waals surface area (Å²) in [5.74, 6) is 0.0322. The lowest BCUT2D eigenvalue weighted by Crippen LogP contribution is -2.14. The first kappa shape index (κ1) is 14.1. The zero-order valence-electron chi connectivity index (χ0n) is 11.9. The lowest BCUT2D eigenvalue weighted by atomic mass is 10.1. The van der Waals surface area contributed by atoms with Crippen LogP contribution in [0.2, 0.25) is 0 Å². The minimum absolute atomic E-state index is 0.0322. The maximum atomic E-state index is 12.0. The Balaban J connectivity index is 1.98. The molecule has 0 aliphatic carbocycles. The van der Waals surface area contributed by atoms with Crippen molar-refractivity contribution in [1.82, 2.24) is 0 Å². The summed E-state index contributed by atoms with van der Waals surface area (Å²) in [5, 5.41) is 2.98. The number of aryl methyl sites for hydroxylation is 3. The van der Waals surface area contributed by atoms with Gasteiger partial charge in [-0.1, -0.05) is 30.3 Å². The second-order valence-electron chi connectivity index (χ2n) is 5.06. The Labute approximate surface area is 119 Å². The molecule has 2 rings (SSSR count). The number of nitrogens with two attached hydrogens (primary N) is 1. The Bertz CT molecular complexity index is 583. The number of rotatable bonds is 4. The third kappa shape index (κ3) is 3.60. The molecular weight excluding hydrogens is 248 g/mol. The summed E-state index contributed by atoms with van der Waals surface area (Å²) in [7, 11) is 0. The SMILES string of the molecule is Cc1cc(N)cc(C)c1NC(=O)CCc1ccccc1. The maximum absolute atomic E-state index is 12.0. The van der Waals surface area contributed by atoms with E-state index in [2.05, 4.69) is 5.32 Å². The maximum Gasteiger partial charge on any atom is 0.224 e. The van der Waals surface area contributed by atoms with Gasteiger partial charge in [0.1, 0.15) is 0 Å². The van der Waals surface area contributed by atoms with Crippen molar-refractivity contribution in [2.45, 2.75) is 26.7 Å². The zero-order chi connectivity index (χ0) is 14.5. The van der Waals surface area contributed by atoms with Crippen molar-refractivity contribution in [2.24, 2.45) is 0 Å². The van der Waals surface area contributed by atoms with E-state index in [4.69, 9.17) is 5.73 Å². The average Bonchev–Trinajstić information content (AvgIpc) is 2.42. The van der Waals surface area contributed by atoms with E-state index in [0.717, 1.165) is 28.9 Å². The summed E-state index contributed by atoms with van der Waals surface area (Å²) in [6.07, 6.45) is 1.23. The van der Waals surface area contributed by atoms with Gasteiger partial charge in [0.2, 0.25) is 5.91 Å². The third-order valence-electron chi connectivity index (χ3n) is 3.30. The van der Waals surface area contributed by atoms with Crippen molar-refractivity contribution >= 4 is 17.3 Å². The van der Waals surface area contributed by atoms with Crippen LogP contribution in [0.1, 0.15) is 23.1 Å². The van der Waals surface area contributed by atoms with Gasteiger partial charge in [0.25, 0.3) is 0 Å². The molecule has 0 saturated carbocycles. The summed E-state index contributed by atoms with van der Waals surface area (Å²) >= 11 is 0. The predicted octanol–water partition coefficient (Wildman–Crippen LogP) is 3.46. The molecule has 3 N–H and O–H groups in total. The van der Waals surface area contributed by atoms with Gasteiger partial charge < -0.3 is 11.1 Å². The number of nitrogens with one attached hydrogen (secondary N) is 1. The molecule has 0 spiro atoms. The van der Waals surface area contributed by atoms with Gasteiger partial charge in [-0.15, -0.1) is 0 Å². The van der Waals surface area contributed by atoms with Crippen LogP contribution >= 0.6 is 0 Å². The number of benzene rings is 2. The average molecular weight is 268 g/mol. The van der Waals surface area contributed by atoms with Crippen LogP contribution in [0.4, 0.5) is 11.4 Å². The van der Waals surface area contributed by atoms with Gasteiger partial charge in [-0.3, -0.25) is 4.79 Å². The highest BCUT2D eigenvalue weighted by Crippen LogP contribution is 2.23. The van der Waals surface area contributed by atoms with Crippen LogP contribution in [0, 0.1) is 13.8 Å². The van der Waals surface area contributed by atoms with Gasteiger partial charge in [-0.2, -0.15) is 0 Å². The normalized spacial score (nSPS) is 10.3. The van der Waals surface area contributed by atoms with E-state index in [0.29, 0.717) is 6.42 Å². The number of amides is 1. The van der Waals surface area contributed by atoms with Crippen molar-refractivity contribution in [3.63, 3.8) is 0 Å². The van der Waals surface area contributed by atoms with Crippen LogP contribution in [0.25, 0.3) is 0 Å². The molecule has 2 aromatic rings. The Morgan fingerprint density at radius 3 is 2.30 bits per heavy atom. The highest BCUT2D eigenvalue weighted by molar-refractivity contribution is 5.92.